The third kappa shape index (κ3) is 3.53. The largest absolute Gasteiger partial charge is 0.392 e. The van der Waals surface area contributed by atoms with E-state index in [-0.39, 0.29) is 6.61 Å². The first kappa shape index (κ1) is 17.3. The van der Waals surface area contributed by atoms with E-state index in [0.29, 0.717) is 0 Å². The Bertz CT molecular complexity index is 747. The molecule has 4 rings (SSSR count). The second-order valence-corrected chi connectivity index (χ2v) is 7.62. The number of fused-ring (bicyclic) bond motifs is 3. The van der Waals surface area contributed by atoms with Crippen molar-refractivity contribution in [2.75, 3.05) is 26.2 Å². The van der Waals surface area contributed by atoms with Crippen molar-refractivity contribution in [3.63, 3.8) is 0 Å². The average Bonchev–Trinajstić information content (AvgIpc) is 2.98. The molecule has 26 heavy (non-hydrogen) atoms. The Balaban J connectivity index is 1.41. The minimum atomic E-state index is -0.477. The van der Waals surface area contributed by atoms with E-state index in [9.17, 15) is 5.11 Å². The Morgan fingerprint density at radius 1 is 1.00 bits per heavy atom. The molecule has 0 amide bonds. The molecule has 0 aromatic heterocycles. The standard InChI is InChI=1S/C22H26N2O2/c1-16-10-12-24(13-11-16)14-17(25)15-26-23-22-20-8-4-2-6-18(20)19-7-3-5-9-21(19)22/h2-9,16-17,25H,10-15H2,1H3/p+1/t17-/m1/s1. The number of nitrogens with zero attached hydrogens (tertiary/aromatic N) is 1. The molecule has 1 heterocycles. The third-order valence-electron chi connectivity index (χ3n) is 5.58. The summed E-state index contributed by atoms with van der Waals surface area (Å²) in [5.41, 5.74) is 5.44. The van der Waals surface area contributed by atoms with Crippen molar-refractivity contribution in [2.45, 2.75) is 25.9 Å². The molecule has 1 aliphatic carbocycles. The number of aliphatic hydroxyl groups is 1. The molecular weight excluding hydrogens is 324 g/mol. The Morgan fingerprint density at radius 2 is 1.54 bits per heavy atom. The van der Waals surface area contributed by atoms with Crippen LogP contribution in [0.5, 0.6) is 0 Å². The zero-order chi connectivity index (χ0) is 17.9. The van der Waals surface area contributed by atoms with Gasteiger partial charge in [0.15, 0.2) is 0 Å². The molecule has 0 radical (unpaired) electrons. The number of oxime groups is 1. The predicted molar refractivity (Wildman–Crippen MR) is 103 cm³/mol. The summed E-state index contributed by atoms with van der Waals surface area (Å²) in [6, 6.07) is 16.5. The number of hydrogen-bond acceptors (Lipinski definition) is 3. The van der Waals surface area contributed by atoms with Crippen LogP contribution in [-0.2, 0) is 4.84 Å². The molecule has 1 aliphatic heterocycles. The van der Waals surface area contributed by atoms with Gasteiger partial charge in [-0.25, -0.2) is 0 Å². The number of likely N-dealkylation sites (tertiary alicyclic amines) is 1. The van der Waals surface area contributed by atoms with Gasteiger partial charge in [-0.1, -0.05) is 60.6 Å². The summed E-state index contributed by atoms with van der Waals surface area (Å²) in [5.74, 6) is 0.820. The summed E-state index contributed by atoms with van der Waals surface area (Å²) in [5, 5.41) is 14.7. The molecule has 0 saturated carbocycles. The molecule has 0 spiro atoms. The number of quaternary nitrogens is 1. The quantitative estimate of drug-likeness (QED) is 0.692. The van der Waals surface area contributed by atoms with Crippen LogP contribution in [0, 0.1) is 5.92 Å². The van der Waals surface area contributed by atoms with E-state index in [1.54, 1.807) is 0 Å². The second kappa shape index (κ2) is 7.60. The average molecular weight is 351 g/mol. The van der Waals surface area contributed by atoms with Crippen LogP contribution in [0.3, 0.4) is 0 Å². The number of hydrogen-bond donors (Lipinski definition) is 2. The van der Waals surface area contributed by atoms with Crippen LogP contribution in [0.15, 0.2) is 53.7 Å². The fraction of sp³-hybridized carbons (Fsp3) is 0.409. The van der Waals surface area contributed by atoms with Gasteiger partial charge in [-0.15, -0.1) is 0 Å². The maximum atomic E-state index is 10.3. The van der Waals surface area contributed by atoms with Crippen LogP contribution in [-0.4, -0.2) is 43.2 Å². The lowest BCUT2D eigenvalue weighted by Crippen LogP contribution is -3.14. The van der Waals surface area contributed by atoms with E-state index < -0.39 is 6.10 Å². The first-order chi connectivity index (χ1) is 12.7. The molecule has 136 valence electrons. The van der Waals surface area contributed by atoms with Gasteiger partial charge in [0.2, 0.25) is 0 Å². The van der Waals surface area contributed by atoms with E-state index in [4.69, 9.17) is 4.84 Å². The molecule has 0 bridgehead atoms. The van der Waals surface area contributed by atoms with Gasteiger partial charge >= 0.3 is 0 Å². The maximum absolute atomic E-state index is 10.3. The SMILES string of the molecule is CC1CC[NH+](C[C@@H](O)CON=C2c3ccccc3-c3ccccc32)CC1. The summed E-state index contributed by atoms with van der Waals surface area (Å²) in [6.45, 7) is 5.59. The predicted octanol–water partition coefficient (Wildman–Crippen LogP) is 2.11. The summed E-state index contributed by atoms with van der Waals surface area (Å²) >= 11 is 0. The van der Waals surface area contributed by atoms with Crippen molar-refractivity contribution in [3.05, 3.63) is 59.7 Å². The summed E-state index contributed by atoms with van der Waals surface area (Å²) in [4.78, 5) is 7.06. The highest BCUT2D eigenvalue weighted by molar-refractivity contribution is 6.24. The topological polar surface area (TPSA) is 46.3 Å². The first-order valence-electron chi connectivity index (χ1n) is 9.63. The second-order valence-electron chi connectivity index (χ2n) is 7.62. The molecule has 0 unspecified atom stereocenters. The number of piperidine rings is 1. The molecule has 4 heteroatoms. The number of benzene rings is 2. The summed E-state index contributed by atoms with van der Waals surface area (Å²) < 4.78 is 0. The van der Waals surface area contributed by atoms with Gasteiger partial charge in [-0.05, 0) is 29.9 Å². The van der Waals surface area contributed by atoms with E-state index in [0.717, 1.165) is 42.4 Å². The molecule has 2 aliphatic rings. The van der Waals surface area contributed by atoms with E-state index in [1.165, 1.54) is 28.9 Å². The van der Waals surface area contributed by atoms with Crippen molar-refractivity contribution in [3.8, 4) is 11.1 Å². The first-order valence-corrected chi connectivity index (χ1v) is 9.63. The van der Waals surface area contributed by atoms with Crippen molar-refractivity contribution >= 4 is 5.71 Å². The number of nitrogens with one attached hydrogen (secondary N) is 1. The van der Waals surface area contributed by atoms with Crippen LogP contribution in [0.1, 0.15) is 30.9 Å². The Hall–Kier alpha value is -2.17. The van der Waals surface area contributed by atoms with Crippen molar-refractivity contribution in [1.29, 1.82) is 0 Å². The molecule has 2 N–H and O–H groups in total. The zero-order valence-corrected chi connectivity index (χ0v) is 15.3. The van der Waals surface area contributed by atoms with Gasteiger partial charge < -0.3 is 14.8 Å². The number of aliphatic hydroxyl groups excluding tert-OH is 1. The highest BCUT2D eigenvalue weighted by Crippen LogP contribution is 2.36. The highest BCUT2D eigenvalue weighted by Gasteiger charge is 2.25. The lowest BCUT2D eigenvalue weighted by atomic mass is 9.99. The summed E-state index contributed by atoms with van der Waals surface area (Å²) in [7, 11) is 0. The fourth-order valence-electron chi connectivity index (χ4n) is 4.05. The Kier molecular flexibility index (Phi) is 5.05. The molecule has 2 aromatic carbocycles. The van der Waals surface area contributed by atoms with Crippen LogP contribution in [0.2, 0.25) is 0 Å². The Labute approximate surface area is 155 Å². The highest BCUT2D eigenvalue weighted by atomic mass is 16.6. The van der Waals surface area contributed by atoms with Gasteiger partial charge in [0.1, 0.15) is 25.0 Å². The fourth-order valence-corrected chi connectivity index (χ4v) is 4.05. The number of rotatable bonds is 5. The maximum Gasteiger partial charge on any atom is 0.148 e. The third-order valence-corrected chi connectivity index (χ3v) is 5.58. The molecule has 1 fully saturated rings. The van der Waals surface area contributed by atoms with Gasteiger partial charge in [0.25, 0.3) is 0 Å². The van der Waals surface area contributed by atoms with Crippen molar-refractivity contribution in [1.82, 2.24) is 0 Å². The van der Waals surface area contributed by atoms with E-state index in [2.05, 4.69) is 36.3 Å². The van der Waals surface area contributed by atoms with Gasteiger partial charge in [0.05, 0.1) is 13.1 Å². The molecular formula is C22H27N2O2+. The lowest BCUT2D eigenvalue weighted by Gasteiger charge is -2.28. The van der Waals surface area contributed by atoms with Crippen LogP contribution in [0.4, 0.5) is 0 Å². The monoisotopic (exact) mass is 351 g/mol. The van der Waals surface area contributed by atoms with E-state index >= 15 is 0 Å². The van der Waals surface area contributed by atoms with Crippen LogP contribution < -0.4 is 4.90 Å². The lowest BCUT2D eigenvalue weighted by molar-refractivity contribution is -0.909. The molecule has 2 aromatic rings. The van der Waals surface area contributed by atoms with Crippen molar-refractivity contribution in [2.24, 2.45) is 11.1 Å². The molecule has 1 atom stereocenters. The smallest absolute Gasteiger partial charge is 0.148 e. The van der Waals surface area contributed by atoms with Gasteiger partial charge in [-0.3, -0.25) is 0 Å². The normalized spacial score (nSPS) is 22.5. The molecule has 1 saturated heterocycles. The van der Waals surface area contributed by atoms with Crippen molar-refractivity contribution < 1.29 is 14.8 Å². The Morgan fingerprint density at radius 3 is 2.12 bits per heavy atom. The van der Waals surface area contributed by atoms with Gasteiger partial charge in [0, 0.05) is 11.1 Å². The van der Waals surface area contributed by atoms with Crippen LogP contribution in [0.25, 0.3) is 11.1 Å². The summed E-state index contributed by atoms with van der Waals surface area (Å²) in [6.07, 6.45) is 2.02. The van der Waals surface area contributed by atoms with Gasteiger partial charge in [-0.2, -0.15) is 0 Å². The molecule has 4 nitrogen and oxygen atoms in total. The zero-order valence-electron chi connectivity index (χ0n) is 15.3. The minimum Gasteiger partial charge on any atom is -0.392 e. The van der Waals surface area contributed by atoms with E-state index in [1.807, 2.05) is 24.3 Å². The van der Waals surface area contributed by atoms with Crippen LogP contribution >= 0.6 is 0 Å². The minimum absolute atomic E-state index is 0.243.